The van der Waals surface area contributed by atoms with Crippen molar-refractivity contribution in [3.8, 4) is 0 Å². The number of aliphatic hydroxyl groups is 1. The Kier molecular flexibility index (Phi) is 4.80. The summed E-state index contributed by atoms with van der Waals surface area (Å²) in [6.07, 6.45) is 6.61. The summed E-state index contributed by atoms with van der Waals surface area (Å²) >= 11 is 7.27. The molecule has 0 aliphatic heterocycles. The second-order valence-corrected chi connectivity index (χ2v) is 6.06. The molecule has 0 spiro atoms. The van der Waals surface area contributed by atoms with Crippen molar-refractivity contribution < 1.29 is 9.90 Å². The lowest BCUT2D eigenvalue weighted by atomic mass is 9.91. The van der Waals surface area contributed by atoms with E-state index in [2.05, 4.69) is 0 Å². The molecule has 0 radical (unpaired) electrons. The Morgan fingerprint density at radius 2 is 2.33 bits per heavy atom. The summed E-state index contributed by atoms with van der Waals surface area (Å²) in [7, 11) is 0. The molecule has 1 aromatic heterocycles. The fraction of sp³-hybridized carbons (Fsp3) is 0.462. The molecule has 0 aromatic carbocycles. The minimum absolute atomic E-state index is 0.0148. The quantitative estimate of drug-likeness (QED) is 0.845. The van der Waals surface area contributed by atoms with Crippen LogP contribution in [0.4, 0.5) is 0 Å². The van der Waals surface area contributed by atoms with E-state index < -0.39 is 0 Å². The Bertz CT molecular complexity index is 440. The zero-order valence-electron chi connectivity index (χ0n) is 10.0. The van der Waals surface area contributed by atoms with Crippen molar-refractivity contribution in [3.63, 3.8) is 0 Å². The third-order valence-electron chi connectivity index (χ3n) is 3.12. The highest BCUT2D eigenvalue weighted by Gasteiger charge is 2.26. The molecule has 1 aliphatic rings. The summed E-state index contributed by atoms with van der Waals surface area (Å²) < 4.78 is 0.716. The number of nitrogens with zero attached hydrogens (tertiary/aromatic N) is 1. The molecule has 0 saturated heterocycles. The number of amides is 1. The van der Waals surface area contributed by atoms with Crippen LogP contribution in [-0.2, 0) is 4.79 Å². The maximum absolute atomic E-state index is 12.0. The fourth-order valence-electron chi connectivity index (χ4n) is 1.95. The zero-order chi connectivity index (χ0) is 13.0. The van der Waals surface area contributed by atoms with Crippen LogP contribution in [0.2, 0.25) is 4.34 Å². The lowest BCUT2D eigenvalue weighted by Crippen LogP contribution is -2.44. The van der Waals surface area contributed by atoms with E-state index >= 15 is 0 Å². The Morgan fingerprint density at radius 1 is 1.56 bits per heavy atom. The van der Waals surface area contributed by atoms with Crippen LogP contribution in [0.3, 0.4) is 0 Å². The van der Waals surface area contributed by atoms with Gasteiger partial charge in [0.2, 0.25) is 5.91 Å². The molecule has 0 atom stereocenters. The van der Waals surface area contributed by atoms with Gasteiger partial charge >= 0.3 is 0 Å². The number of thiophene rings is 1. The van der Waals surface area contributed by atoms with Crippen LogP contribution in [0.15, 0.2) is 18.2 Å². The summed E-state index contributed by atoms with van der Waals surface area (Å²) in [4.78, 5) is 14.8. The van der Waals surface area contributed by atoms with Crippen LogP contribution < -0.4 is 0 Å². The van der Waals surface area contributed by atoms with Gasteiger partial charge in [-0.2, -0.15) is 0 Å². The van der Waals surface area contributed by atoms with Crippen LogP contribution in [0.1, 0.15) is 24.1 Å². The van der Waals surface area contributed by atoms with E-state index in [4.69, 9.17) is 16.7 Å². The van der Waals surface area contributed by atoms with Crippen molar-refractivity contribution in [1.82, 2.24) is 4.90 Å². The topological polar surface area (TPSA) is 40.5 Å². The number of carbonyl (C=O) groups excluding carboxylic acids is 1. The number of halogens is 1. The van der Waals surface area contributed by atoms with Gasteiger partial charge < -0.3 is 10.0 Å². The smallest absolute Gasteiger partial charge is 0.246 e. The Hall–Kier alpha value is -0.840. The molecule has 3 nitrogen and oxygen atoms in total. The first kappa shape index (κ1) is 13.6. The summed E-state index contributed by atoms with van der Waals surface area (Å²) in [6.45, 7) is 0.431. The Labute approximate surface area is 116 Å². The van der Waals surface area contributed by atoms with Gasteiger partial charge in [-0.3, -0.25) is 4.79 Å². The Morgan fingerprint density at radius 3 is 2.83 bits per heavy atom. The maximum Gasteiger partial charge on any atom is 0.246 e. The summed E-state index contributed by atoms with van der Waals surface area (Å²) in [6, 6.07) is 4.01. The SMILES string of the molecule is O=C(/C=C/c1ccc(Cl)s1)N(CCO)C1CCC1. The largest absolute Gasteiger partial charge is 0.395 e. The number of rotatable bonds is 5. The number of carbonyl (C=O) groups is 1. The molecule has 2 rings (SSSR count). The second-order valence-electron chi connectivity index (χ2n) is 4.32. The molecule has 1 fully saturated rings. The highest BCUT2D eigenvalue weighted by molar-refractivity contribution is 7.17. The number of aliphatic hydroxyl groups excluding tert-OH is 1. The van der Waals surface area contributed by atoms with E-state index in [0.29, 0.717) is 16.9 Å². The third-order valence-corrected chi connectivity index (χ3v) is 4.32. The van der Waals surface area contributed by atoms with Gasteiger partial charge in [0.05, 0.1) is 10.9 Å². The van der Waals surface area contributed by atoms with E-state index in [-0.39, 0.29) is 12.5 Å². The van der Waals surface area contributed by atoms with Crippen molar-refractivity contribution in [2.24, 2.45) is 0 Å². The van der Waals surface area contributed by atoms with Crippen LogP contribution in [0.5, 0.6) is 0 Å². The molecule has 1 aromatic rings. The fourth-order valence-corrected chi connectivity index (χ4v) is 2.91. The van der Waals surface area contributed by atoms with Gasteiger partial charge in [0.25, 0.3) is 0 Å². The lowest BCUT2D eigenvalue weighted by molar-refractivity contribution is -0.130. The molecular formula is C13H16ClNO2S. The van der Waals surface area contributed by atoms with Gasteiger partial charge in [-0.25, -0.2) is 0 Å². The van der Waals surface area contributed by atoms with Crippen molar-refractivity contribution in [1.29, 1.82) is 0 Å². The minimum atomic E-state index is -0.0294. The minimum Gasteiger partial charge on any atom is -0.395 e. The normalized spacial score (nSPS) is 15.9. The molecule has 1 N–H and O–H groups in total. The van der Waals surface area contributed by atoms with Crippen LogP contribution in [-0.4, -0.2) is 35.1 Å². The average molecular weight is 286 g/mol. The molecule has 0 bridgehead atoms. The van der Waals surface area contributed by atoms with E-state index in [1.807, 2.05) is 12.1 Å². The first-order chi connectivity index (χ1) is 8.70. The van der Waals surface area contributed by atoms with E-state index in [1.54, 1.807) is 17.1 Å². The molecule has 18 heavy (non-hydrogen) atoms. The summed E-state index contributed by atoms with van der Waals surface area (Å²) in [5, 5.41) is 9.01. The van der Waals surface area contributed by atoms with Gasteiger partial charge in [0.1, 0.15) is 0 Å². The third kappa shape index (κ3) is 3.34. The predicted molar refractivity (Wildman–Crippen MR) is 74.8 cm³/mol. The highest BCUT2D eigenvalue weighted by Crippen LogP contribution is 2.25. The number of hydrogen-bond acceptors (Lipinski definition) is 3. The van der Waals surface area contributed by atoms with Crippen molar-refractivity contribution in [3.05, 3.63) is 27.4 Å². The summed E-state index contributed by atoms with van der Waals surface area (Å²) in [5.74, 6) is -0.0294. The molecule has 1 aliphatic carbocycles. The van der Waals surface area contributed by atoms with Crippen LogP contribution >= 0.6 is 22.9 Å². The average Bonchev–Trinajstić information content (AvgIpc) is 2.69. The van der Waals surface area contributed by atoms with E-state index in [0.717, 1.165) is 17.7 Å². The highest BCUT2D eigenvalue weighted by atomic mass is 35.5. The van der Waals surface area contributed by atoms with E-state index in [1.165, 1.54) is 17.8 Å². The maximum atomic E-state index is 12.0. The molecule has 98 valence electrons. The predicted octanol–water partition coefficient (Wildman–Crippen LogP) is 2.79. The van der Waals surface area contributed by atoms with Crippen molar-refractivity contribution in [2.75, 3.05) is 13.2 Å². The monoisotopic (exact) mass is 285 g/mol. The molecule has 1 heterocycles. The molecule has 5 heteroatoms. The molecule has 0 unspecified atom stereocenters. The Balaban J connectivity index is 1.97. The van der Waals surface area contributed by atoms with Crippen LogP contribution in [0.25, 0.3) is 6.08 Å². The molecule has 1 amide bonds. The van der Waals surface area contributed by atoms with Crippen molar-refractivity contribution in [2.45, 2.75) is 25.3 Å². The summed E-state index contributed by atoms with van der Waals surface area (Å²) in [5.41, 5.74) is 0. The lowest BCUT2D eigenvalue weighted by Gasteiger charge is -2.36. The second kappa shape index (κ2) is 6.36. The van der Waals surface area contributed by atoms with Gasteiger partial charge in [-0.05, 0) is 37.5 Å². The van der Waals surface area contributed by atoms with Gasteiger partial charge in [-0.15, -0.1) is 11.3 Å². The first-order valence-electron chi connectivity index (χ1n) is 6.05. The van der Waals surface area contributed by atoms with E-state index in [9.17, 15) is 4.79 Å². The van der Waals surface area contributed by atoms with Gasteiger partial charge in [0, 0.05) is 23.5 Å². The van der Waals surface area contributed by atoms with Gasteiger partial charge in [-0.1, -0.05) is 11.6 Å². The molecular weight excluding hydrogens is 270 g/mol. The first-order valence-corrected chi connectivity index (χ1v) is 7.25. The van der Waals surface area contributed by atoms with Crippen LogP contribution in [0, 0.1) is 0 Å². The standard InChI is InChI=1S/C13H16ClNO2S/c14-12-6-4-11(18-12)5-7-13(17)15(8-9-16)10-2-1-3-10/h4-7,10,16H,1-3,8-9H2/b7-5+. The van der Waals surface area contributed by atoms with Crippen molar-refractivity contribution >= 4 is 34.9 Å². The van der Waals surface area contributed by atoms with Gasteiger partial charge in [0.15, 0.2) is 0 Å². The zero-order valence-corrected chi connectivity index (χ0v) is 11.6. The number of hydrogen-bond donors (Lipinski definition) is 1. The molecule has 1 saturated carbocycles.